The molecule has 8 heteroatoms. The van der Waals surface area contributed by atoms with E-state index in [-0.39, 0.29) is 23.9 Å². The molecule has 2 aromatic rings. The topological polar surface area (TPSA) is 89.3 Å². The number of aromatic nitrogens is 1. The molecule has 0 aliphatic heterocycles. The summed E-state index contributed by atoms with van der Waals surface area (Å²) in [5, 5.41) is 5.40. The molecule has 122 valence electrons. The Morgan fingerprint density at radius 1 is 1.22 bits per heavy atom. The number of nitrogens with zero attached hydrogens (tertiary/aromatic N) is 1. The number of alkyl halides is 1. The largest absolute Gasteiger partial charge is 0.447 e. The molecule has 0 aliphatic rings. The van der Waals surface area contributed by atoms with E-state index in [1.54, 1.807) is 24.3 Å². The van der Waals surface area contributed by atoms with Crippen molar-refractivity contribution in [3.8, 4) is 0 Å². The number of nitrogens with two attached hydrogens (primary N) is 1. The Labute approximate surface area is 131 Å². The number of anilines is 3. The van der Waals surface area contributed by atoms with Gasteiger partial charge in [-0.15, -0.1) is 0 Å². The minimum atomic E-state index is -0.803. The molecule has 2 rings (SSSR count). The maximum atomic E-state index is 12.8. The van der Waals surface area contributed by atoms with E-state index in [0.29, 0.717) is 12.4 Å². The van der Waals surface area contributed by atoms with Gasteiger partial charge in [0.25, 0.3) is 0 Å². The summed E-state index contributed by atoms with van der Waals surface area (Å²) in [5.74, 6) is 0.284. The number of rotatable bonds is 6. The predicted octanol–water partition coefficient (Wildman–Crippen LogP) is 2.93. The molecule has 4 N–H and O–H groups in total. The van der Waals surface area contributed by atoms with Crippen LogP contribution in [0.25, 0.3) is 0 Å². The second-order valence-corrected chi connectivity index (χ2v) is 4.56. The van der Waals surface area contributed by atoms with Gasteiger partial charge in [0.15, 0.2) is 0 Å². The van der Waals surface area contributed by atoms with E-state index in [4.69, 9.17) is 5.73 Å². The van der Waals surface area contributed by atoms with Crippen LogP contribution in [0.1, 0.15) is 5.56 Å². The molecule has 0 spiro atoms. The fraction of sp³-hybridized carbons (Fsp3) is 0.200. The molecule has 0 bridgehead atoms. The first-order chi connectivity index (χ1) is 11.1. The van der Waals surface area contributed by atoms with Crippen molar-refractivity contribution < 1.29 is 18.3 Å². The number of hydrogen-bond donors (Lipinski definition) is 3. The third-order valence-corrected chi connectivity index (χ3v) is 2.86. The smallest absolute Gasteiger partial charge is 0.411 e. The standard InChI is InChI=1S/C15H16F2N4O2/c16-7-8-23-15(22)20-12-5-6-13(21-14(12)18)19-9-10-1-3-11(17)4-2-10/h1-6H,7-9H2,(H,20,22)(H3,18,19,21). The van der Waals surface area contributed by atoms with E-state index in [9.17, 15) is 13.6 Å². The summed E-state index contributed by atoms with van der Waals surface area (Å²) < 4.78 is 29.3. The van der Waals surface area contributed by atoms with Gasteiger partial charge in [0.05, 0.1) is 5.69 Å². The van der Waals surface area contributed by atoms with Crippen molar-refractivity contribution in [1.29, 1.82) is 0 Å². The highest BCUT2D eigenvalue weighted by molar-refractivity contribution is 5.88. The predicted molar refractivity (Wildman–Crippen MR) is 83.3 cm³/mol. The average Bonchev–Trinajstić information content (AvgIpc) is 2.54. The molecule has 1 aromatic carbocycles. The summed E-state index contributed by atoms with van der Waals surface area (Å²) in [6.07, 6.45) is -0.803. The van der Waals surface area contributed by atoms with E-state index in [1.165, 1.54) is 12.1 Å². The lowest BCUT2D eigenvalue weighted by Gasteiger charge is -2.10. The van der Waals surface area contributed by atoms with Gasteiger partial charge in [-0.05, 0) is 29.8 Å². The van der Waals surface area contributed by atoms with Gasteiger partial charge in [-0.3, -0.25) is 5.32 Å². The molecule has 0 saturated carbocycles. The lowest BCUT2D eigenvalue weighted by atomic mass is 10.2. The fourth-order valence-electron chi connectivity index (χ4n) is 1.75. The van der Waals surface area contributed by atoms with E-state index in [1.807, 2.05) is 0 Å². The third-order valence-electron chi connectivity index (χ3n) is 2.86. The Bertz CT molecular complexity index is 665. The molecular formula is C15H16F2N4O2. The highest BCUT2D eigenvalue weighted by atomic mass is 19.1. The quantitative estimate of drug-likeness (QED) is 0.761. The van der Waals surface area contributed by atoms with Gasteiger partial charge in [0.1, 0.15) is 30.7 Å². The minimum absolute atomic E-state index is 0.0892. The van der Waals surface area contributed by atoms with Crippen molar-refractivity contribution in [2.24, 2.45) is 0 Å². The Morgan fingerprint density at radius 2 is 1.96 bits per heavy atom. The van der Waals surface area contributed by atoms with E-state index < -0.39 is 12.8 Å². The number of carbonyl (C=O) groups excluding carboxylic acids is 1. The van der Waals surface area contributed by atoms with Crippen molar-refractivity contribution in [2.75, 3.05) is 29.6 Å². The monoisotopic (exact) mass is 322 g/mol. The normalized spacial score (nSPS) is 10.2. The second-order valence-electron chi connectivity index (χ2n) is 4.56. The minimum Gasteiger partial charge on any atom is -0.447 e. The fourth-order valence-corrected chi connectivity index (χ4v) is 1.75. The maximum Gasteiger partial charge on any atom is 0.411 e. The van der Waals surface area contributed by atoms with Crippen LogP contribution in [0.15, 0.2) is 36.4 Å². The van der Waals surface area contributed by atoms with Crippen molar-refractivity contribution in [3.05, 3.63) is 47.8 Å². The summed E-state index contributed by atoms with van der Waals surface area (Å²) in [7, 11) is 0. The van der Waals surface area contributed by atoms with Crippen LogP contribution in [0, 0.1) is 5.82 Å². The van der Waals surface area contributed by atoms with E-state index in [0.717, 1.165) is 5.56 Å². The highest BCUT2D eigenvalue weighted by Gasteiger charge is 2.08. The molecule has 6 nitrogen and oxygen atoms in total. The van der Waals surface area contributed by atoms with Crippen molar-refractivity contribution >= 4 is 23.4 Å². The number of amides is 1. The number of hydrogen-bond acceptors (Lipinski definition) is 5. The summed E-state index contributed by atoms with van der Waals surface area (Å²) >= 11 is 0. The molecule has 23 heavy (non-hydrogen) atoms. The zero-order valence-electron chi connectivity index (χ0n) is 12.2. The Balaban J connectivity index is 1.93. The van der Waals surface area contributed by atoms with Crippen LogP contribution < -0.4 is 16.4 Å². The second kappa shape index (κ2) is 7.92. The number of halogens is 2. The van der Waals surface area contributed by atoms with Crippen LogP contribution >= 0.6 is 0 Å². The SMILES string of the molecule is Nc1nc(NCc2ccc(F)cc2)ccc1NC(=O)OCCF. The third kappa shape index (κ3) is 5.10. The molecule has 1 aromatic heterocycles. The van der Waals surface area contributed by atoms with Crippen LogP contribution in [0.2, 0.25) is 0 Å². The zero-order chi connectivity index (χ0) is 16.7. The van der Waals surface area contributed by atoms with E-state index in [2.05, 4.69) is 20.4 Å². The Hall–Kier alpha value is -2.90. The lowest BCUT2D eigenvalue weighted by Crippen LogP contribution is -2.16. The molecule has 0 atom stereocenters. The van der Waals surface area contributed by atoms with Gasteiger partial charge >= 0.3 is 6.09 Å². The van der Waals surface area contributed by atoms with Crippen molar-refractivity contribution in [2.45, 2.75) is 6.54 Å². The number of ether oxygens (including phenoxy) is 1. The van der Waals surface area contributed by atoms with Crippen LogP contribution in [0.3, 0.4) is 0 Å². The molecule has 0 aliphatic carbocycles. The molecule has 0 fully saturated rings. The summed E-state index contributed by atoms with van der Waals surface area (Å²) in [6.45, 7) is -0.637. The number of pyridine rings is 1. The van der Waals surface area contributed by atoms with Crippen molar-refractivity contribution in [3.63, 3.8) is 0 Å². The first-order valence-electron chi connectivity index (χ1n) is 6.83. The maximum absolute atomic E-state index is 12.8. The highest BCUT2D eigenvalue weighted by Crippen LogP contribution is 2.19. The summed E-state index contributed by atoms with van der Waals surface area (Å²) in [4.78, 5) is 15.4. The number of nitrogen functional groups attached to an aromatic ring is 1. The van der Waals surface area contributed by atoms with Crippen molar-refractivity contribution in [1.82, 2.24) is 4.98 Å². The number of nitrogens with one attached hydrogen (secondary N) is 2. The van der Waals surface area contributed by atoms with Gasteiger partial charge in [0.2, 0.25) is 0 Å². The lowest BCUT2D eigenvalue weighted by molar-refractivity contribution is 0.152. The molecular weight excluding hydrogens is 306 g/mol. The summed E-state index contributed by atoms with van der Waals surface area (Å²) in [5.41, 5.74) is 6.89. The molecule has 0 radical (unpaired) electrons. The average molecular weight is 322 g/mol. The van der Waals surface area contributed by atoms with Crippen LogP contribution in [0.4, 0.5) is 30.9 Å². The molecule has 1 amide bonds. The van der Waals surface area contributed by atoms with Gasteiger partial charge < -0.3 is 15.8 Å². The van der Waals surface area contributed by atoms with E-state index >= 15 is 0 Å². The van der Waals surface area contributed by atoms with Gasteiger partial charge in [0, 0.05) is 6.54 Å². The summed E-state index contributed by atoms with van der Waals surface area (Å²) in [6, 6.07) is 9.21. The molecule has 0 unspecified atom stereocenters. The molecule has 1 heterocycles. The van der Waals surface area contributed by atoms with Gasteiger partial charge in [-0.1, -0.05) is 12.1 Å². The first kappa shape index (κ1) is 16.5. The van der Waals surface area contributed by atoms with Gasteiger partial charge in [-0.25, -0.2) is 18.6 Å². The molecule has 0 saturated heterocycles. The zero-order valence-corrected chi connectivity index (χ0v) is 12.2. The first-order valence-corrected chi connectivity index (χ1v) is 6.83. The Morgan fingerprint density at radius 3 is 2.61 bits per heavy atom. The Kier molecular flexibility index (Phi) is 5.67. The number of benzene rings is 1. The van der Waals surface area contributed by atoms with Crippen LogP contribution in [-0.2, 0) is 11.3 Å². The van der Waals surface area contributed by atoms with Crippen LogP contribution in [0.5, 0.6) is 0 Å². The van der Waals surface area contributed by atoms with Gasteiger partial charge in [-0.2, -0.15) is 0 Å². The number of carbonyl (C=O) groups is 1. The van der Waals surface area contributed by atoms with Crippen LogP contribution in [-0.4, -0.2) is 24.4 Å².